The molecule has 8 heteroatoms. The molecule has 5 nitrogen and oxygen atoms in total. The Hall–Kier alpha value is -2.74. The average molecular weight is 369 g/mol. The first-order valence-corrected chi connectivity index (χ1v) is 7.65. The van der Waals surface area contributed by atoms with E-state index in [0.29, 0.717) is 16.9 Å². The second-order valence-electron chi connectivity index (χ2n) is 5.61. The van der Waals surface area contributed by atoms with E-state index in [9.17, 15) is 18.0 Å². The molecule has 0 bridgehead atoms. The van der Waals surface area contributed by atoms with Gasteiger partial charge in [-0.3, -0.25) is 4.79 Å². The van der Waals surface area contributed by atoms with Crippen molar-refractivity contribution in [1.82, 2.24) is 0 Å². The Morgan fingerprint density at radius 2 is 1.96 bits per heavy atom. The number of carboxylic acids is 1. The van der Waals surface area contributed by atoms with Crippen LogP contribution in [0.3, 0.4) is 0 Å². The standard InChI is InChI=1S/C18H18F3NO4/c1-25-16-6-5-11(8-15(22)17(23)24)7-12(16)10-26-14-4-2-3-13(9-14)18(19,20)21/h2-7,9,15H,8,10,22H2,1H3,(H,23,24). The molecule has 0 aromatic heterocycles. The van der Waals surface area contributed by atoms with E-state index >= 15 is 0 Å². The number of carbonyl (C=O) groups is 1. The Kier molecular flexibility index (Phi) is 6.10. The van der Waals surface area contributed by atoms with Crippen molar-refractivity contribution in [2.45, 2.75) is 25.2 Å². The number of rotatable bonds is 7. The van der Waals surface area contributed by atoms with Crippen molar-refractivity contribution < 1.29 is 32.5 Å². The lowest BCUT2D eigenvalue weighted by molar-refractivity contribution is -0.139. The van der Waals surface area contributed by atoms with Gasteiger partial charge in [-0.25, -0.2) is 0 Å². The van der Waals surface area contributed by atoms with E-state index in [1.54, 1.807) is 18.2 Å². The van der Waals surface area contributed by atoms with E-state index in [4.69, 9.17) is 20.3 Å². The van der Waals surface area contributed by atoms with Gasteiger partial charge in [0.05, 0.1) is 12.7 Å². The third kappa shape index (κ3) is 5.13. The second kappa shape index (κ2) is 8.09. The third-order valence-electron chi connectivity index (χ3n) is 3.67. The van der Waals surface area contributed by atoms with Gasteiger partial charge >= 0.3 is 12.1 Å². The maximum atomic E-state index is 12.8. The van der Waals surface area contributed by atoms with Gasteiger partial charge in [0.1, 0.15) is 24.1 Å². The first-order valence-electron chi connectivity index (χ1n) is 7.65. The quantitative estimate of drug-likeness (QED) is 0.783. The predicted molar refractivity (Wildman–Crippen MR) is 88.1 cm³/mol. The summed E-state index contributed by atoms with van der Waals surface area (Å²) < 4.78 is 48.9. The van der Waals surface area contributed by atoms with Crippen molar-refractivity contribution in [3.05, 3.63) is 59.2 Å². The first-order chi connectivity index (χ1) is 12.2. The zero-order valence-electron chi connectivity index (χ0n) is 13.9. The van der Waals surface area contributed by atoms with Gasteiger partial charge in [-0.1, -0.05) is 12.1 Å². The maximum Gasteiger partial charge on any atom is 0.416 e. The molecule has 26 heavy (non-hydrogen) atoms. The Morgan fingerprint density at radius 1 is 1.23 bits per heavy atom. The molecular formula is C18H18F3NO4. The number of methoxy groups -OCH3 is 1. The highest BCUT2D eigenvalue weighted by molar-refractivity contribution is 5.73. The lowest BCUT2D eigenvalue weighted by atomic mass is 10.0. The highest BCUT2D eigenvalue weighted by Gasteiger charge is 2.30. The number of hydrogen-bond donors (Lipinski definition) is 2. The van der Waals surface area contributed by atoms with Crippen LogP contribution in [0.15, 0.2) is 42.5 Å². The summed E-state index contributed by atoms with van der Waals surface area (Å²) in [6, 6.07) is 8.47. The van der Waals surface area contributed by atoms with Gasteiger partial charge in [-0.2, -0.15) is 13.2 Å². The number of alkyl halides is 3. The highest BCUT2D eigenvalue weighted by Crippen LogP contribution is 2.32. The predicted octanol–water partition coefficient (Wildman–Crippen LogP) is 3.25. The van der Waals surface area contributed by atoms with Crippen molar-refractivity contribution in [2.24, 2.45) is 5.73 Å². The molecule has 3 N–H and O–H groups in total. The molecule has 0 fully saturated rings. The third-order valence-corrected chi connectivity index (χ3v) is 3.67. The van der Waals surface area contributed by atoms with Crippen molar-refractivity contribution in [1.29, 1.82) is 0 Å². The molecule has 0 spiro atoms. The molecule has 2 rings (SSSR count). The summed E-state index contributed by atoms with van der Waals surface area (Å²) in [5, 5.41) is 8.89. The Bertz CT molecular complexity index is 777. The average Bonchev–Trinajstić information content (AvgIpc) is 2.59. The first kappa shape index (κ1) is 19.6. The number of benzene rings is 2. The van der Waals surface area contributed by atoms with Crippen LogP contribution in [0, 0.1) is 0 Å². The number of carboxylic acid groups (broad SMARTS) is 1. The van der Waals surface area contributed by atoms with Crippen molar-refractivity contribution in [3.63, 3.8) is 0 Å². The van der Waals surface area contributed by atoms with Crippen molar-refractivity contribution in [3.8, 4) is 11.5 Å². The van der Waals surface area contributed by atoms with Gasteiger partial charge in [0, 0.05) is 5.56 Å². The normalized spacial score (nSPS) is 12.5. The monoisotopic (exact) mass is 369 g/mol. The summed E-state index contributed by atoms with van der Waals surface area (Å²) in [5.41, 5.74) is 5.95. The van der Waals surface area contributed by atoms with E-state index in [1.807, 2.05) is 0 Å². The Labute approximate surface area is 148 Å². The SMILES string of the molecule is COc1ccc(CC(N)C(=O)O)cc1COc1cccc(C(F)(F)F)c1. The van der Waals surface area contributed by atoms with Gasteiger partial charge in [-0.15, -0.1) is 0 Å². The number of nitrogens with two attached hydrogens (primary N) is 1. The van der Waals surface area contributed by atoms with Crippen molar-refractivity contribution in [2.75, 3.05) is 7.11 Å². The number of halogens is 3. The van der Waals surface area contributed by atoms with Crippen molar-refractivity contribution >= 4 is 5.97 Å². The molecule has 2 aromatic rings. The van der Waals surface area contributed by atoms with Crippen LogP contribution in [0.25, 0.3) is 0 Å². The molecule has 0 aliphatic carbocycles. The summed E-state index contributed by atoms with van der Waals surface area (Å²) >= 11 is 0. The van der Waals surface area contributed by atoms with Crippen LogP contribution in [0.1, 0.15) is 16.7 Å². The minimum atomic E-state index is -4.45. The fourth-order valence-electron chi connectivity index (χ4n) is 2.34. The van der Waals surface area contributed by atoms with Crippen LogP contribution < -0.4 is 15.2 Å². The minimum absolute atomic E-state index is 0.0410. The minimum Gasteiger partial charge on any atom is -0.496 e. The van der Waals surface area contributed by atoms with Gasteiger partial charge in [0.15, 0.2) is 0 Å². The van der Waals surface area contributed by atoms with E-state index in [-0.39, 0.29) is 18.8 Å². The van der Waals surface area contributed by atoms with Gasteiger partial charge in [0.25, 0.3) is 0 Å². The second-order valence-corrected chi connectivity index (χ2v) is 5.61. The maximum absolute atomic E-state index is 12.8. The molecule has 1 unspecified atom stereocenters. The van der Waals surface area contributed by atoms with Crippen LogP contribution >= 0.6 is 0 Å². The molecule has 0 radical (unpaired) electrons. The molecule has 0 saturated carbocycles. The van der Waals surface area contributed by atoms with E-state index < -0.39 is 23.8 Å². The van der Waals surface area contributed by atoms with E-state index in [0.717, 1.165) is 12.1 Å². The summed E-state index contributed by atoms with van der Waals surface area (Å²) in [7, 11) is 1.45. The van der Waals surface area contributed by atoms with Crippen LogP contribution in [0.2, 0.25) is 0 Å². The number of hydrogen-bond acceptors (Lipinski definition) is 4. The molecule has 0 heterocycles. The smallest absolute Gasteiger partial charge is 0.416 e. The molecule has 1 atom stereocenters. The van der Waals surface area contributed by atoms with Crippen LogP contribution in [-0.4, -0.2) is 24.2 Å². The lowest BCUT2D eigenvalue weighted by Crippen LogP contribution is -2.32. The Morgan fingerprint density at radius 3 is 2.58 bits per heavy atom. The molecule has 140 valence electrons. The fourth-order valence-corrected chi connectivity index (χ4v) is 2.34. The largest absolute Gasteiger partial charge is 0.496 e. The van der Waals surface area contributed by atoms with Crippen LogP contribution in [0.5, 0.6) is 11.5 Å². The summed E-state index contributed by atoms with van der Waals surface area (Å²) in [5.74, 6) is -0.582. The Balaban J connectivity index is 2.16. The van der Waals surface area contributed by atoms with E-state index in [2.05, 4.69) is 0 Å². The molecule has 0 saturated heterocycles. The highest BCUT2D eigenvalue weighted by atomic mass is 19.4. The molecule has 2 aromatic carbocycles. The zero-order chi connectivity index (χ0) is 19.3. The summed E-state index contributed by atoms with van der Waals surface area (Å²) in [4.78, 5) is 10.9. The zero-order valence-corrected chi connectivity index (χ0v) is 13.9. The van der Waals surface area contributed by atoms with Crippen LogP contribution in [-0.2, 0) is 24.0 Å². The molecule has 0 amide bonds. The van der Waals surface area contributed by atoms with Crippen LogP contribution in [0.4, 0.5) is 13.2 Å². The molecule has 0 aliphatic rings. The van der Waals surface area contributed by atoms with Gasteiger partial charge < -0.3 is 20.3 Å². The lowest BCUT2D eigenvalue weighted by Gasteiger charge is -2.14. The number of aliphatic carboxylic acids is 1. The molecule has 0 aliphatic heterocycles. The van der Waals surface area contributed by atoms with Gasteiger partial charge in [-0.05, 0) is 42.3 Å². The summed E-state index contributed by atoms with van der Waals surface area (Å²) in [6.07, 6.45) is -4.35. The molecular weight excluding hydrogens is 351 g/mol. The number of ether oxygens (including phenoxy) is 2. The summed E-state index contributed by atoms with van der Waals surface area (Å²) in [6.45, 7) is -0.0410. The fraction of sp³-hybridized carbons (Fsp3) is 0.278. The topological polar surface area (TPSA) is 81.8 Å². The van der Waals surface area contributed by atoms with E-state index in [1.165, 1.54) is 19.2 Å². The van der Waals surface area contributed by atoms with Gasteiger partial charge in [0.2, 0.25) is 0 Å².